The number of aromatic nitrogens is 2. The van der Waals surface area contributed by atoms with Gasteiger partial charge < -0.3 is 14.8 Å². The van der Waals surface area contributed by atoms with Gasteiger partial charge in [0, 0.05) is 57.3 Å². The SMILES string of the molecule is Cc1nc2ccc(C(=O)N3CCC[C@H](CC(=O)N4CCN(C5CCCC5)CC4)C3)cc2[nH]1. The molecule has 7 heteroatoms. The molecule has 2 aliphatic heterocycles. The lowest BCUT2D eigenvalue weighted by Gasteiger charge is -2.39. The lowest BCUT2D eigenvalue weighted by molar-refractivity contribution is -0.134. The highest BCUT2D eigenvalue weighted by Gasteiger charge is 2.31. The summed E-state index contributed by atoms with van der Waals surface area (Å²) in [5.41, 5.74) is 2.47. The number of imidazole rings is 1. The first kappa shape index (κ1) is 21.4. The van der Waals surface area contributed by atoms with Crippen molar-refractivity contribution in [3.63, 3.8) is 0 Å². The first-order valence-electron chi connectivity index (χ1n) is 12.3. The van der Waals surface area contributed by atoms with Crippen molar-refractivity contribution in [2.24, 2.45) is 5.92 Å². The van der Waals surface area contributed by atoms with Gasteiger partial charge in [-0.3, -0.25) is 14.5 Å². The van der Waals surface area contributed by atoms with E-state index in [0.717, 1.165) is 68.5 Å². The van der Waals surface area contributed by atoms with E-state index in [1.165, 1.54) is 25.7 Å². The topological polar surface area (TPSA) is 72.5 Å². The number of hydrogen-bond donors (Lipinski definition) is 1. The van der Waals surface area contributed by atoms with Crippen molar-refractivity contribution in [1.82, 2.24) is 24.7 Å². The largest absolute Gasteiger partial charge is 0.342 e. The van der Waals surface area contributed by atoms with E-state index in [4.69, 9.17) is 0 Å². The minimum absolute atomic E-state index is 0.0569. The number of piperidine rings is 1. The molecule has 0 spiro atoms. The van der Waals surface area contributed by atoms with E-state index in [0.29, 0.717) is 18.5 Å². The van der Waals surface area contributed by atoms with Gasteiger partial charge in [-0.1, -0.05) is 12.8 Å². The van der Waals surface area contributed by atoms with Crippen LogP contribution >= 0.6 is 0 Å². The number of carbonyl (C=O) groups is 2. The van der Waals surface area contributed by atoms with Crippen molar-refractivity contribution >= 4 is 22.8 Å². The van der Waals surface area contributed by atoms with Crippen LogP contribution < -0.4 is 0 Å². The molecule has 3 aliphatic rings. The highest BCUT2D eigenvalue weighted by molar-refractivity contribution is 5.97. The number of fused-ring (bicyclic) bond motifs is 1. The summed E-state index contributed by atoms with van der Waals surface area (Å²) in [6, 6.07) is 6.41. The van der Waals surface area contributed by atoms with Crippen LogP contribution in [-0.4, -0.2) is 81.8 Å². The van der Waals surface area contributed by atoms with Crippen LogP contribution in [0.1, 0.15) is 61.1 Å². The highest BCUT2D eigenvalue weighted by Crippen LogP contribution is 2.26. The molecule has 2 amide bonds. The monoisotopic (exact) mass is 437 g/mol. The molecule has 5 rings (SSSR count). The van der Waals surface area contributed by atoms with Gasteiger partial charge in [0.25, 0.3) is 5.91 Å². The molecule has 1 aliphatic carbocycles. The van der Waals surface area contributed by atoms with Gasteiger partial charge in [-0.2, -0.15) is 0 Å². The Morgan fingerprint density at radius 1 is 1.00 bits per heavy atom. The molecule has 2 saturated heterocycles. The number of rotatable bonds is 4. The Labute approximate surface area is 190 Å². The van der Waals surface area contributed by atoms with Crippen LogP contribution in [0.5, 0.6) is 0 Å². The van der Waals surface area contributed by atoms with Crippen molar-refractivity contribution in [2.75, 3.05) is 39.3 Å². The summed E-state index contributed by atoms with van der Waals surface area (Å²) in [5.74, 6) is 1.43. The third-order valence-corrected chi connectivity index (χ3v) is 7.62. The molecular formula is C25H35N5O2. The van der Waals surface area contributed by atoms with Crippen molar-refractivity contribution in [3.8, 4) is 0 Å². The van der Waals surface area contributed by atoms with E-state index in [1.54, 1.807) is 0 Å². The molecule has 0 radical (unpaired) electrons. The second-order valence-corrected chi connectivity index (χ2v) is 9.87. The number of H-pyrrole nitrogens is 1. The Kier molecular flexibility index (Phi) is 6.17. The molecule has 3 heterocycles. The smallest absolute Gasteiger partial charge is 0.253 e. The Morgan fingerprint density at radius 2 is 1.78 bits per heavy atom. The zero-order chi connectivity index (χ0) is 22.1. The molecule has 1 aromatic heterocycles. The fraction of sp³-hybridized carbons (Fsp3) is 0.640. The number of nitrogens with zero attached hydrogens (tertiary/aromatic N) is 4. The van der Waals surface area contributed by atoms with Crippen LogP contribution in [0, 0.1) is 12.8 Å². The van der Waals surface area contributed by atoms with Crippen LogP contribution in [-0.2, 0) is 4.79 Å². The van der Waals surface area contributed by atoms with Gasteiger partial charge in [0.15, 0.2) is 0 Å². The Bertz CT molecular complexity index is 972. The van der Waals surface area contributed by atoms with Gasteiger partial charge in [-0.15, -0.1) is 0 Å². The molecule has 0 bridgehead atoms. The molecule has 0 unspecified atom stereocenters. The first-order chi connectivity index (χ1) is 15.6. The van der Waals surface area contributed by atoms with E-state index < -0.39 is 0 Å². The summed E-state index contributed by atoms with van der Waals surface area (Å²) < 4.78 is 0. The van der Waals surface area contributed by atoms with Crippen molar-refractivity contribution in [2.45, 2.75) is 57.9 Å². The first-order valence-corrected chi connectivity index (χ1v) is 12.3. The number of piperazine rings is 1. The van der Waals surface area contributed by atoms with E-state index in [-0.39, 0.29) is 17.7 Å². The predicted octanol–water partition coefficient (Wildman–Crippen LogP) is 3.20. The fourth-order valence-electron chi connectivity index (χ4n) is 5.85. The number of amides is 2. The maximum absolute atomic E-state index is 13.1. The number of aryl methyl sites for hydroxylation is 1. The third kappa shape index (κ3) is 4.53. The van der Waals surface area contributed by atoms with Gasteiger partial charge in [0.05, 0.1) is 11.0 Å². The van der Waals surface area contributed by atoms with Crippen molar-refractivity contribution in [1.29, 1.82) is 0 Å². The quantitative estimate of drug-likeness (QED) is 0.797. The van der Waals surface area contributed by atoms with Crippen molar-refractivity contribution < 1.29 is 9.59 Å². The molecule has 7 nitrogen and oxygen atoms in total. The standard InChI is InChI=1S/C25H35N5O2/c1-18-26-22-9-8-20(16-23(22)27-18)25(32)30-10-4-5-19(17-30)15-24(31)29-13-11-28(12-14-29)21-6-2-3-7-21/h8-9,16,19,21H,2-7,10-15,17H2,1H3,(H,26,27)/t19-/m1/s1. The minimum Gasteiger partial charge on any atom is -0.342 e. The molecule has 172 valence electrons. The summed E-state index contributed by atoms with van der Waals surface area (Å²) in [4.78, 5) is 40.3. The zero-order valence-electron chi connectivity index (χ0n) is 19.2. The average Bonchev–Trinajstić information content (AvgIpc) is 3.47. The summed E-state index contributed by atoms with van der Waals surface area (Å²) in [7, 11) is 0. The van der Waals surface area contributed by atoms with Crippen LogP contribution in [0.3, 0.4) is 0 Å². The maximum atomic E-state index is 13.1. The molecular weight excluding hydrogens is 402 g/mol. The van der Waals surface area contributed by atoms with E-state index in [9.17, 15) is 9.59 Å². The normalized spacial score (nSPS) is 23.2. The van der Waals surface area contributed by atoms with E-state index in [1.807, 2.05) is 30.0 Å². The molecule has 1 N–H and O–H groups in total. The minimum atomic E-state index is 0.0569. The van der Waals surface area contributed by atoms with Crippen LogP contribution in [0.2, 0.25) is 0 Å². The van der Waals surface area contributed by atoms with Crippen LogP contribution in [0.25, 0.3) is 11.0 Å². The van der Waals surface area contributed by atoms with Crippen LogP contribution in [0.4, 0.5) is 0 Å². The van der Waals surface area contributed by atoms with Gasteiger partial charge in [0.1, 0.15) is 5.82 Å². The number of likely N-dealkylation sites (tertiary alicyclic amines) is 1. The van der Waals surface area contributed by atoms with Gasteiger partial charge in [0.2, 0.25) is 5.91 Å². The third-order valence-electron chi connectivity index (χ3n) is 7.62. The molecule has 32 heavy (non-hydrogen) atoms. The molecule has 1 atom stereocenters. The highest BCUT2D eigenvalue weighted by atomic mass is 16.2. The molecule has 1 saturated carbocycles. The molecule has 3 fully saturated rings. The van der Waals surface area contributed by atoms with Gasteiger partial charge >= 0.3 is 0 Å². The summed E-state index contributed by atoms with van der Waals surface area (Å²) in [6.07, 6.45) is 7.92. The summed E-state index contributed by atoms with van der Waals surface area (Å²) in [5, 5.41) is 0. The predicted molar refractivity (Wildman–Crippen MR) is 124 cm³/mol. The van der Waals surface area contributed by atoms with E-state index >= 15 is 0 Å². The van der Waals surface area contributed by atoms with Crippen LogP contribution in [0.15, 0.2) is 18.2 Å². The summed E-state index contributed by atoms with van der Waals surface area (Å²) >= 11 is 0. The Hall–Kier alpha value is -2.41. The van der Waals surface area contributed by atoms with E-state index in [2.05, 4.69) is 19.8 Å². The van der Waals surface area contributed by atoms with Gasteiger partial charge in [-0.25, -0.2) is 4.98 Å². The summed E-state index contributed by atoms with van der Waals surface area (Å²) in [6.45, 7) is 7.10. The van der Waals surface area contributed by atoms with Crippen molar-refractivity contribution in [3.05, 3.63) is 29.6 Å². The average molecular weight is 438 g/mol. The number of benzene rings is 1. The lowest BCUT2D eigenvalue weighted by Crippen LogP contribution is -2.52. The van der Waals surface area contributed by atoms with Gasteiger partial charge in [-0.05, 0) is 56.7 Å². The number of aromatic amines is 1. The Balaban J connectivity index is 1.15. The number of hydrogen-bond acceptors (Lipinski definition) is 4. The second kappa shape index (κ2) is 9.22. The second-order valence-electron chi connectivity index (χ2n) is 9.87. The lowest BCUT2D eigenvalue weighted by atomic mass is 9.93. The Morgan fingerprint density at radius 3 is 2.56 bits per heavy atom. The molecule has 2 aromatic rings. The number of carbonyl (C=O) groups excluding carboxylic acids is 2. The number of nitrogens with one attached hydrogen (secondary N) is 1. The molecule has 1 aromatic carbocycles. The zero-order valence-corrected chi connectivity index (χ0v) is 19.2. The maximum Gasteiger partial charge on any atom is 0.253 e. The fourth-order valence-corrected chi connectivity index (χ4v) is 5.85.